The molecular formula is C17H22N2O3S. The number of anilines is 2. The fourth-order valence-corrected chi connectivity index (χ4v) is 3.68. The van der Waals surface area contributed by atoms with Crippen LogP contribution in [0.3, 0.4) is 0 Å². The van der Waals surface area contributed by atoms with Crippen LogP contribution < -0.4 is 14.4 Å². The van der Waals surface area contributed by atoms with E-state index in [1.165, 1.54) is 0 Å². The number of hydrogen-bond donors (Lipinski definition) is 1. The lowest BCUT2D eigenvalue weighted by atomic mass is 10.1. The van der Waals surface area contributed by atoms with E-state index in [9.17, 15) is 8.42 Å². The van der Waals surface area contributed by atoms with Crippen molar-refractivity contribution in [1.82, 2.24) is 0 Å². The van der Waals surface area contributed by atoms with Gasteiger partial charge in [0, 0.05) is 25.5 Å². The lowest BCUT2D eigenvalue weighted by Crippen LogP contribution is -2.15. The predicted octanol–water partition coefficient (Wildman–Crippen LogP) is 3.18. The maximum atomic E-state index is 12.6. The molecule has 0 saturated carbocycles. The van der Waals surface area contributed by atoms with Crippen LogP contribution in [0, 0.1) is 13.8 Å². The molecule has 0 aromatic heterocycles. The molecule has 124 valence electrons. The quantitative estimate of drug-likeness (QED) is 0.912. The van der Waals surface area contributed by atoms with Crippen molar-refractivity contribution in [3.8, 4) is 5.75 Å². The van der Waals surface area contributed by atoms with Crippen LogP contribution in [0.2, 0.25) is 0 Å². The normalized spacial score (nSPS) is 11.2. The fraction of sp³-hybridized carbons (Fsp3) is 0.294. The lowest BCUT2D eigenvalue weighted by molar-refractivity contribution is 0.411. The molecule has 0 saturated heterocycles. The first-order chi connectivity index (χ1) is 10.8. The number of benzene rings is 2. The van der Waals surface area contributed by atoms with Crippen LogP contribution in [0.25, 0.3) is 0 Å². The highest BCUT2D eigenvalue weighted by Gasteiger charge is 2.19. The third-order valence-electron chi connectivity index (χ3n) is 3.83. The van der Waals surface area contributed by atoms with Crippen LogP contribution >= 0.6 is 0 Å². The van der Waals surface area contributed by atoms with Gasteiger partial charge in [0.2, 0.25) is 0 Å². The molecule has 2 aromatic rings. The molecular weight excluding hydrogens is 312 g/mol. The van der Waals surface area contributed by atoms with E-state index in [0.29, 0.717) is 17.0 Å². The summed E-state index contributed by atoms with van der Waals surface area (Å²) >= 11 is 0. The van der Waals surface area contributed by atoms with E-state index in [0.717, 1.165) is 11.3 Å². The van der Waals surface area contributed by atoms with Gasteiger partial charge in [-0.3, -0.25) is 4.72 Å². The Balaban J connectivity index is 2.34. The molecule has 0 aliphatic rings. The minimum Gasteiger partial charge on any atom is -0.496 e. The molecule has 0 spiro atoms. The Morgan fingerprint density at radius 2 is 1.57 bits per heavy atom. The summed E-state index contributed by atoms with van der Waals surface area (Å²) in [5, 5.41) is 0. The second-order valence-corrected chi connectivity index (χ2v) is 7.21. The van der Waals surface area contributed by atoms with Gasteiger partial charge in [-0.25, -0.2) is 8.42 Å². The average Bonchev–Trinajstić information content (AvgIpc) is 2.49. The van der Waals surface area contributed by atoms with Crippen LogP contribution in [0.15, 0.2) is 41.3 Å². The summed E-state index contributed by atoms with van der Waals surface area (Å²) in [6, 6.07) is 10.5. The van der Waals surface area contributed by atoms with Crippen molar-refractivity contribution < 1.29 is 13.2 Å². The Bertz CT molecular complexity index is 797. The van der Waals surface area contributed by atoms with E-state index in [4.69, 9.17) is 4.74 Å². The van der Waals surface area contributed by atoms with Gasteiger partial charge < -0.3 is 9.64 Å². The van der Waals surface area contributed by atoms with Crippen molar-refractivity contribution >= 4 is 21.4 Å². The third-order valence-corrected chi connectivity index (χ3v) is 5.36. The summed E-state index contributed by atoms with van der Waals surface area (Å²) in [4.78, 5) is 2.21. The number of methoxy groups -OCH3 is 1. The monoisotopic (exact) mass is 334 g/mol. The van der Waals surface area contributed by atoms with E-state index < -0.39 is 10.0 Å². The first kappa shape index (κ1) is 17.1. The summed E-state index contributed by atoms with van der Waals surface area (Å²) in [6.45, 7) is 3.63. The zero-order chi connectivity index (χ0) is 17.2. The summed E-state index contributed by atoms with van der Waals surface area (Å²) < 4.78 is 33.1. The molecule has 0 atom stereocenters. The largest absolute Gasteiger partial charge is 0.496 e. The summed E-state index contributed by atoms with van der Waals surface area (Å²) in [5.74, 6) is 0.678. The lowest BCUT2D eigenvalue weighted by Gasteiger charge is -2.15. The highest BCUT2D eigenvalue weighted by Crippen LogP contribution is 2.28. The zero-order valence-corrected chi connectivity index (χ0v) is 14.9. The summed E-state index contributed by atoms with van der Waals surface area (Å²) in [7, 11) is 1.79. The second-order valence-electron chi connectivity index (χ2n) is 5.56. The molecule has 0 unspecified atom stereocenters. The van der Waals surface area contributed by atoms with E-state index in [2.05, 4.69) is 4.72 Å². The van der Waals surface area contributed by atoms with Crippen molar-refractivity contribution in [1.29, 1.82) is 0 Å². The van der Waals surface area contributed by atoms with Gasteiger partial charge in [-0.15, -0.1) is 0 Å². The number of rotatable bonds is 5. The number of ether oxygens (including phenoxy) is 1. The van der Waals surface area contributed by atoms with Crippen molar-refractivity contribution in [2.75, 3.05) is 30.8 Å². The number of sulfonamides is 1. The highest BCUT2D eigenvalue weighted by atomic mass is 32.2. The van der Waals surface area contributed by atoms with Gasteiger partial charge in [0.05, 0.1) is 12.0 Å². The maximum absolute atomic E-state index is 12.6. The maximum Gasteiger partial charge on any atom is 0.262 e. The van der Waals surface area contributed by atoms with Crippen molar-refractivity contribution in [2.24, 2.45) is 0 Å². The van der Waals surface area contributed by atoms with E-state index in [1.807, 2.05) is 38.1 Å². The van der Waals surface area contributed by atoms with Gasteiger partial charge in [-0.1, -0.05) is 0 Å². The molecule has 6 heteroatoms. The highest BCUT2D eigenvalue weighted by molar-refractivity contribution is 7.92. The Morgan fingerprint density at radius 1 is 0.957 bits per heavy atom. The van der Waals surface area contributed by atoms with E-state index in [1.54, 1.807) is 38.3 Å². The van der Waals surface area contributed by atoms with Gasteiger partial charge in [-0.05, 0) is 61.4 Å². The minimum atomic E-state index is -3.64. The van der Waals surface area contributed by atoms with Crippen LogP contribution in [-0.4, -0.2) is 29.6 Å². The molecule has 0 bridgehead atoms. The first-order valence-electron chi connectivity index (χ1n) is 7.20. The Labute approximate surface area is 137 Å². The molecule has 0 aliphatic carbocycles. The van der Waals surface area contributed by atoms with E-state index >= 15 is 0 Å². The topological polar surface area (TPSA) is 58.6 Å². The minimum absolute atomic E-state index is 0.257. The summed E-state index contributed by atoms with van der Waals surface area (Å²) in [5.41, 5.74) is 3.04. The molecule has 2 aromatic carbocycles. The van der Waals surface area contributed by atoms with Crippen LogP contribution in [-0.2, 0) is 10.0 Å². The smallest absolute Gasteiger partial charge is 0.262 e. The van der Waals surface area contributed by atoms with Crippen LogP contribution in [0.5, 0.6) is 5.75 Å². The van der Waals surface area contributed by atoms with Crippen molar-refractivity contribution in [3.63, 3.8) is 0 Å². The second kappa shape index (κ2) is 6.50. The van der Waals surface area contributed by atoms with Gasteiger partial charge in [0.25, 0.3) is 10.0 Å². The molecule has 0 amide bonds. The molecule has 2 rings (SSSR count). The van der Waals surface area contributed by atoms with Gasteiger partial charge in [0.15, 0.2) is 0 Å². The number of hydrogen-bond acceptors (Lipinski definition) is 4. The molecule has 23 heavy (non-hydrogen) atoms. The van der Waals surface area contributed by atoms with Gasteiger partial charge in [0.1, 0.15) is 5.75 Å². The molecule has 0 fully saturated rings. The SMILES string of the molecule is COc1ccc(S(=O)(=O)Nc2ccc(N(C)C)cc2)c(C)c1C. The first-order valence-corrected chi connectivity index (χ1v) is 8.69. The Morgan fingerprint density at radius 3 is 2.09 bits per heavy atom. The standard InChI is InChI=1S/C17H22N2O3S/c1-12-13(2)17(11-10-16(12)22-5)23(20,21)18-14-6-8-15(9-7-14)19(3)4/h6-11,18H,1-5H3. The molecule has 5 nitrogen and oxygen atoms in total. The summed E-state index contributed by atoms with van der Waals surface area (Å²) in [6.07, 6.45) is 0. The fourth-order valence-electron chi connectivity index (χ4n) is 2.32. The van der Waals surface area contributed by atoms with Crippen molar-refractivity contribution in [2.45, 2.75) is 18.7 Å². The third kappa shape index (κ3) is 3.59. The van der Waals surface area contributed by atoms with Crippen LogP contribution in [0.1, 0.15) is 11.1 Å². The van der Waals surface area contributed by atoms with E-state index in [-0.39, 0.29) is 4.90 Å². The Kier molecular flexibility index (Phi) is 4.85. The molecule has 0 heterocycles. The molecule has 0 aliphatic heterocycles. The average molecular weight is 334 g/mol. The van der Waals surface area contributed by atoms with Gasteiger partial charge >= 0.3 is 0 Å². The Hall–Kier alpha value is -2.21. The zero-order valence-electron chi connectivity index (χ0n) is 14.0. The predicted molar refractivity (Wildman–Crippen MR) is 94.0 cm³/mol. The number of nitrogens with one attached hydrogen (secondary N) is 1. The van der Waals surface area contributed by atoms with Gasteiger partial charge in [-0.2, -0.15) is 0 Å². The number of nitrogens with zero attached hydrogens (tertiary/aromatic N) is 1. The molecule has 1 N–H and O–H groups in total. The van der Waals surface area contributed by atoms with Crippen LogP contribution in [0.4, 0.5) is 11.4 Å². The molecule has 0 radical (unpaired) electrons. The van der Waals surface area contributed by atoms with Crippen molar-refractivity contribution in [3.05, 3.63) is 47.5 Å².